The third-order valence-electron chi connectivity index (χ3n) is 1.57. The summed E-state index contributed by atoms with van der Waals surface area (Å²) in [5, 5.41) is 0.249. The summed E-state index contributed by atoms with van der Waals surface area (Å²) < 4.78 is 0. The van der Waals surface area contributed by atoms with Crippen LogP contribution in [0.15, 0.2) is 24.8 Å². The standard InChI is InChI=1S/C10H17Cl/c1-4-6-9(3)8-10(11)7-5-2/h4-6,9-10H,2,7-8H2,1,3H3. The van der Waals surface area contributed by atoms with Crippen molar-refractivity contribution < 1.29 is 0 Å². The molecule has 0 amide bonds. The Kier molecular flexibility index (Phi) is 6.34. The first-order valence-electron chi connectivity index (χ1n) is 4.08. The maximum absolute atomic E-state index is 6.01. The molecule has 0 aliphatic heterocycles. The Hall–Kier alpha value is -0.230. The Bertz CT molecular complexity index is 127. The molecule has 0 rings (SSSR count). The fourth-order valence-electron chi connectivity index (χ4n) is 1.09. The molecule has 0 aromatic rings. The fourth-order valence-corrected chi connectivity index (χ4v) is 1.49. The monoisotopic (exact) mass is 172 g/mol. The molecule has 0 aliphatic carbocycles. The van der Waals surface area contributed by atoms with E-state index in [0.717, 1.165) is 12.8 Å². The molecule has 0 heterocycles. The minimum absolute atomic E-state index is 0.249. The molecule has 0 radical (unpaired) electrons. The average Bonchev–Trinajstić information content (AvgIpc) is 1.87. The second-order valence-electron chi connectivity index (χ2n) is 2.86. The third-order valence-corrected chi connectivity index (χ3v) is 1.93. The second kappa shape index (κ2) is 6.48. The largest absolute Gasteiger partial charge is 0.123 e. The predicted molar refractivity (Wildman–Crippen MR) is 53.1 cm³/mol. The summed E-state index contributed by atoms with van der Waals surface area (Å²) >= 11 is 6.01. The summed E-state index contributed by atoms with van der Waals surface area (Å²) in [4.78, 5) is 0. The van der Waals surface area contributed by atoms with Crippen molar-refractivity contribution in [2.45, 2.75) is 32.1 Å². The summed E-state index contributed by atoms with van der Waals surface area (Å²) in [6, 6.07) is 0. The zero-order valence-electron chi connectivity index (χ0n) is 7.39. The van der Waals surface area contributed by atoms with Crippen LogP contribution >= 0.6 is 11.6 Å². The highest BCUT2D eigenvalue weighted by atomic mass is 35.5. The van der Waals surface area contributed by atoms with Crippen molar-refractivity contribution >= 4 is 11.6 Å². The lowest BCUT2D eigenvalue weighted by Crippen LogP contribution is -2.02. The van der Waals surface area contributed by atoms with Crippen LogP contribution in [0, 0.1) is 5.92 Å². The Morgan fingerprint density at radius 2 is 2.18 bits per heavy atom. The van der Waals surface area contributed by atoms with Crippen molar-refractivity contribution in [3.05, 3.63) is 24.8 Å². The number of allylic oxidation sites excluding steroid dienone is 3. The Labute approximate surface area is 74.9 Å². The molecule has 0 aromatic carbocycles. The lowest BCUT2D eigenvalue weighted by molar-refractivity contribution is 0.618. The van der Waals surface area contributed by atoms with Gasteiger partial charge in [-0.3, -0.25) is 0 Å². The van der Waals surface area contributed by atoms with Crippen LogP contribution in [-0.2, 0) is 0 Å². The van der Waals surface area contributed by atoms with Crippen molar-refractivity contribution in [3.8, 4) is 0 Å². The second-order valence-corrected chi connectivity index (χ2v) is 3.48. The van der Waals surface area contributed by atoms with E-state index >= 15 is 0 Å². The van der Waals surface area contributed by atoms with Crippen LogP contribution in [0.25, 0.3) is 0 Å². The van der Waals surface area contributed by atoms with Gasteiger partial charge in [0.1, 0.15) is 0 Å². The summed E-state index contributed by atoms with van der Waals surface area (Å²) in [6.07, 6.45) is 8.07. The van der Waals surface area contributed by atoms with Gasteiger partial charge in [0.25, 0.3) is 0 Å². The van der Waals surface area contributed by atoms with Gasteiger partial charge in [-0.2, -0.15) is 0 Å². The van der Waals surface area contributed by atoms with Crippen molar-refractivity contribution in [1.29, 1.82) is 0 Å². The number of rotatable bonds is 5. The quantitative estimate of drug-likeness (QED) is 0.438. The van der Waals surface area contributed by atoms with Gasteiger partial charge in [-0.1, -0.05) is 25.2 Å². The van der Waals surface area contributed by atoms with Crippen LogP contribution in [0.1, 0.15) is 26.7 Å². The average molecular weight is 173 g/mol. The molecule has 0 nitrogen and oxygen atoms in total. The van der Waals surface area contributed by atoms with E-state index in [1.165, 1.54) is 0 Å². The van der Waals surface area contributed by atoms with Crippen LogP contribution < -0.4 is 0 Å². The van der Waals surface area contributed by atoms with Crippen LogP contribution in [0.4, 0.5) is 0 Å². The summed E-state index contributed by atoms with van der Waals surface area (Å²) in [6.45, 7) is 7.87. The first-order valence-corrected chi connectivity index (χ1v) is 4.52. The highest BCUT2D eigenvalue weighted by molar-refractivity contribution is 6.20. The van der Waals surface area contributed by atoms with E-state index < -0.39 is 0 Å². The van der Waals surface area contributed by atoms with Crippen molar-refractivity contribution in [2.75, 3.05) is 0 Å². The van der Waals surface area contributed by atoms with E-state index in [1.54, 1.807) is 0 Å². The zero-order chi connectivity index (χ0) is 8.69. The molecular formula is C10H17Cl. The topological polar surface area (TPSA) is 0 Å². The minimum Gasteiger partial charge on any atom is -0.123 e. The maximum Gasteiger partial charge on any atom is 0.0375 e. The van der Waals surface area contributed by atoms with Gasteiger partial charge in [0.15, 0.2) is 0 Å². The van der Waals surface area contributed by atoms with Crippen LogP contribution in [0.2, 0.25) is 0 Å². The number of hydrogen-bond acceptors (Lipinski definition) is 0. The van der Waals surface area contributed by atoms with E-state index in [-0.39, 0.29) is 5.38 Å². The number of alkyl halides is 1. The van der Waals surface area contributed by atoms with E-state index in [0.29, 0.717) is 5.92 Å². The van der Waals surface area contributed by atoms with Crippen LogP contribution in [0.3, 0.4) is 0 Å². The molecule has 2 atom stereocenters. The van der Waals surface area contributed by atoms with Crippen molar-refractivity contribution in [3.63, 3.8) is 0 Å². The van der Waals surface area contributed by atoms with E-state index in [9.17, 15) is 0 Å². The van der Waals surface area contributed by atoms with Gasteiger partial charge < -0.3 is 0 Å². The summed E-state index contributed by atoms with van der Waals surface area (Å²) in [5.74, 6) is 0.586. The van der Waals surface area contributed by atoms with Gasteiger partial charge >= 0.3 is 0 Å². The molecule has 0 bridgehead atoms. The summed E-state index contributed by atoms with van der Waals surface area (Å²) in [7, 11) is 0. The molecule has 11 heavy (non-hydrogen) atoms. The molecule has 0 spiro atoms. The van der Waals surface area contributed by atoms with E-state index in [1.807, 2.05) is 13.0 Å². The molecule has 0 fully saturated rings. The predicted octanol–water partition coefficient (Wildman–Crippen LogP) is 3.77. The van der Waals surface area contributed by atoms with E-state index in [4.69, 9.17) is 11.6 Å². The van der Waals surface area contributed by atoms with Crippen LogP contribution in [-0.4, -0.2) is 5.38 Å². The molecule has 2 unspecified atom stereocenters. The normalized spacial score (nSPS) is 16.6. The zero-order valence-corrected chi connectivity index (χ0v) is 8.14. The molecular weight excluding hydrogens is 156 g/mol. The Morgan fingerprint density at radius 1 is 1.55 bits per heavy atom. The van der Waals surface area contributed by atoms with Gasteiger partial charge in [-0.25, -0.2) is 0 Å². The van der Waals surface area contributed by atoms with Gasteiger partial charge in [-0.15, -0.1) is 18.2 Å². The van der Waals surface area contributed by atoms with Gasteiger partial charge in [0.2, 0.25) is 0 Å². The lowest BCUT2D eigenvalue weighted by atomic mass is 10.0. The van der Waals surface area contributed by atoms with Crippen molar-refractivity contribution in [2.24, 2.45) is 5.92 Å². The third kappa shape index (κ3) is 6.18. The highest BCUT2D eigenvalue weighted by Gasteiger charge is 2.05. The smallest absolute Gasteiger partial charge is 0.0375 e. The molecule has 64 valence electrons. The lowest BCUT2D eigenvalue weighted by Gasteiger charge is -2.09. The first-order chi connectivity index (χ1) is 5.20. The number of hydrogen-bond donors (Lipinski definition) is 0. The Morgan fingerprint density at radius 3 is 2.64 bits per heavy atom. The van der Waals surface area contributed by atoms with Crippen molar-refractivity contribution in [1.82, 2.24) is 0 Å². The van der Waals surface area contributed by atoms with E-state index in [2.05, 4.69) is 25.7 Å². The molecule has 1 heteroatoms. The molecule has 0 saturated carbocycles. The van der Waals surface area contributed by atoms with Gasteiger partial charge in [0.05, 0.1) is 0 Å². The molecule has 0 N–H and O–H groups in total. The van der Waals surface area contributed by atoms with Gasteiger partial charge in [-0.05, 0) is 25.7 Å². The minimum atomic E-state index is 0.249. The molecule has 0 saturated heterocycles. The van der Waals surface area contributed by atoms with Gasteiger partial charge in [0, 0.05) is 5.38 Å². The SMILES string of the molecule is C=CCC(Cl)CC(C)C=CC. The van der Waals surface area contributed by atoms with Crippen LogP contribution in [0.5, 0.6) is 0 Å². The molecule has 0 aliphatic rings. The molecule has 0 aromatic heterocycles. The number of halogens is 1. The maximum atomic E-state index is 6.01. The summed E-state index contributed by atoms with van der Waals surface area (Å²) in [5.41, 5.74) is 0. The fraction of sp³-hybridized carbons (Fsp3) is 0.600. The Balaban J connectivity index is 3.55. The highest BCUT2D eigenvalue weighted by Crippen LogP contribution is 2.15. The first kappa shape index (κ1) is 10.8.